The Morgan fingerprint density at radius 1 is 0.431 bits per heavy atom. The number of hydrogen-bond donors (Lipinski definition) is 0. The summed E-state index contributed by atoms with van der Waals surface area (Å²) in [6, 6.07) is 61.9. The van der Waals surface area contributed by atoms with Gasteiger partial charge in [0.15, 0.2) is 5.69 Å². The zero-order valence-corrected chi connectivity index (χ0v) is 34.0. The van der Waals surface area contributed by atoms with Crippen molar-refractivity contribution in [1.82, 2.24) is 0 Å². The maximum Gasteiger partial charge on any atom is 0.329 e. The second-order valence-corrected chi connectivity index (χ2v) is 16.7. The topological polar surface area (TPSA) is 34.6 Å². The van der Waals surface area contributed by atoms with E-state index < -0.39 is 0 Å². The summed E-state index contributed by atoms with van der Waals surface area (Å²) >= 11 is 7.35. The van der Waals surface area contributed by atoms with Gasteiger partial charge in [0.2, 0.25) is 0 Å². The van der Waals surface area contributed by atoms with Crippen molar-refractivity contribution >= 4 is 95.8 Å². The monoisotopic (exact) mass is 864 g/mol. The molecule has 4 aliphatic rings. The molecular weight excluding hydrogens is 838 g/mol. The lowest BCUT2D eigenvalue weighted by atomic mass is 9.43. The predicted octanol–water partition coefficient (Wildman–Crippen LogP) is 11.1. The third-order valence-corrected chi connectivity index (χ3v) is 12.9. The first-order valence-electron chi connectivity index (χ1n) is 19.1. The first kappa shape index (κ1) is 34.7. The standard InChI is InChI=1S/C26H14BN3.C24H14BBr2N/c1-29-18-11-13-26-22(15-18)20-7-3-5-9-24(20)27-23-8-4-2-6-19(23)21-14-17(16-28)10-12-25(21)30(26)27;26-15-9-11-23-19(13-15)17-5-1-3-7-21(17)25-22-8-4-2-6-18(22)20-14-16(27)10-12-24(20)28(23)25/h2-15H;1-14H. The summed E-state index contributed by atoms with van der Waals surface area (Å²) in [6.07, 6.45) is 0. The van der Waals surface area contributed by atoms with Gasteiger partial charge in [0, 0.05) is 48.4 Å². The van der Waals surface area contributed by atoms with Gasteiger partial charge in [0.25, 0.3) is 0 Å². The fourth-order valence-corrected chi connectivity index (χ4v) is 10.3. The number of halogens is 2. The molecule has 0 aliphatic carbocycles. The highest BCUT2D eigenvalue weighted by molar-refractivity contribution is 9.10. The van der Waals surface area contributed by atoms with Crippen LogP contribution in [0.2, 0.25) is 0 Å². The summed E-state index contributed by atoms with van der Waals surface area (Å²) in [7, 11) is 0. The molecule has 0 aromatic heterocycles. The van der Waals surface area contributed by atoms with Crippen molar-refractivity contribution in [2.24, 2.45) is 0 Å². The SMILES string of the molecule is Brc1ccc2c(c1)-c1ccccc1B1c3ccccc3-c3cc(Br)ccc3N12.[C-]#[N+]c1ccc2c(c1)-c1ccccc1B1c3ccccc3-c3cc(C#N)ccc3N12. The molecule has 0 bridgehead atoms. The summed E-state index contributed by atoms with van der Waals surface area (Å²) in [6.45, 7) is 7.69. The average Bonchev–Trinajstić information content (AvgIpc) is 3.28. The zero-order chi connectivity index (χ0) is 39.1. The number of anilines is 4. The Kier molecular flexibility index (Phi) is 8.09. The van der Waals surface area contributed by atoms with E-state index in [9.17, 15) is 5.26 Å². The van der Waals surface area contributed by atoms with E-state index in [1.54, 1.807) is 0 Å². The van der Waals surface area contributed by atoms with Crippen LogP contribution in [0.4, 0.5) is 28.4 Å². The molecule has 0 radical (unpaired) electrons. The second-order valence-electron chi connectivity index (χ2n) is 14.9. The molecule has 0 N–H and O–H groups in total. The van der Waals surface area contributed by atoms with Crippen molar-refractivity contribution < 1.29 is 0 Å². The number of nitriles is 1. The molecule has 0 saturated heterocycles. The molecule has 4 nitrogen and oxygen atoms in total. The molecule has 0 spiro atoms. The number of hydrogen-bond acceptors (Lipinski definition) is 3. The van der Waals surface area contributed by atoms with Crippen LogP contribution in [0.15, 0.2) is 179 Å². The minimum absolute atomic E-state index is 0.0455. The molecule has 0 atom stereocenters. The number of benzene rings is 8. The number of fused-ring (bicyclic) bond motifs is 22. The number of rotatable bonds is 0. The summed E-state index contributed by atoms with van der Waals surface area (Å²) < 4.78 is 2.21. The van der Waals surface area contributed by atoms with Gasteiger partial charge in [-0.1, -0.05) is 135 Å². The van der Waals surface area contributed by atoms with Crippen LogP contribution in [-0.2, 0) is 0 Å². The van der Waals surface area contributed by atoms with Crippen molar-refractivity contribution in [3.05, 3.63) is 196 Å². The lowest BCUT2D eigenvalue weighted by Gasteiger charge is -2.43. The Morgan fingerprint density at radius 2 is 0.793 bits per heavy atom. The minimum atomic E-state index is 0.0455. The third-order valence-electron chi connectivity index (χ3n) is 11.9. The van der Waals surface area contributed by atoms with E-state index in [0.29, 0.717) is 11.3 Å². The molecule has 58 heavy (non-hydrogen) atoms. The molecule has 8 aromatic carbocycles. The third kappa shape index (κ3) is 5.19. The van der Waals surface area contributed by atoms with Crippen molar-refractivity contribution in [3.8, 4) is 50.6 Å². The Bertz CT molecular complexity index is 2920. The van der Waals surface area contributed by atoms with Gasteiger partial charge in [-0.15, -0.1) is 0 Å². The molecule has 0 unspecified atom stereocenters. The molecule has 8 aromatic rings. The second kappa shape index (κ2) is 13.5. The van der Waals surface area contributed by atoms with E-state index in [0.717, 1.165) is 31.4 Å². The van der Waals surface area contributed by atoms with Gasteiger partial charge in [-0.3, -0.25) is 0 Å². The smallest absolute Gasteiger partial charge is 0.329 e. The van der Waals surface area contributed by atoms with Gasteiger partial charge >= 0.3 is 13.7 Å². The fraction of sp³-hybridized carbons (Fsp3) is 0. The van der Waals surface area contributed by atoms with Crippen LogP contribution in [0, 0.1) is 17.9 Å². The maximum atomic E-state index is 9.47. The minimum Gasteiger partial charge on any atom is -0.376 e. The van der Waals surface area contributed by atoms with Crippen LogP contribution in [0.3, 0.4) is 0 Å². The lowest BCUT2D eigenvalue weighted by Crippen LogP contribution is -2.59. The molecule has 12 rings (SSSR count). The Hall–Kier alpha value is -6.57. The van der Waals surface area contributed by atoms with Crippen molar-refractivity contribution in [2.45, 2.75) is 0 Å². The summed E-state index contributed by atoms with van der Waals surface area (Å²) in [5.74, 6) is 0. The van der Waals surface area contributed by atoms with Crippen LogP contribution in [0.5, 0.6) is 0 Å². The summed E-state index contributed by atoms with van der Waals surface area (Å²) in [5, 5.41) is 9.47. The van der Waals surface area contributed by atoms with E-state index >= 15 is 0 Å². The van der Waals surface area contributed by atoms with E-state index in [-0.39, 0.29) is 13.7 Å². The molecular formula is C50H28B2Br2N4. The van der Waals surface area contributed by atoms with Crippen LogP contribution in [0.1, 0.15) is 5.56 Å². The highest BCUT2D eigenvalue weighted by Crippen LogP contribution is 2.48. The summed E-state index contributed by atoms with van der Waals surface area (Å²) in [5.41, 5.74) is 20.8. The van der Waals surface area contributed by atoms with Crippen LogP contribution in [0.25, 0.3) is 49.4 Å². The zero-order valence-electron chi connectivity index (χ0n) is 30.9. The van der Waals surface area contributed by atoms with Crippen LogP contribution < -0.4 is 31.5 Å². The molecule has 0 saturated carbocycles. The lowest BCUT2D eigenvalue weighted by molar-refractivity contribution is 1.34. The normalized spacial score (nSPS) is 12.8. The summed E-state index contributed by atoms with van der Waals surface area (Å²) in [4.78, 5) is 8.53. The van der Waals surface area contributed by atoms with Gasteiger partial charge in [0.05, 0.1) is 18.2 Å². The van der Waals surface area contributed by atoms with Gasteiger partial charge in [-0.25, -0.2) is 4.85 Å². The first-order valence-corrected chi connectivity index (χ1v) is 20.7. The average molecular weight is 866 g/mol. The Balaban J connectivity index is 0.000000133. The first-order chi connectivity index (χ1) is 28.5. The van der Waals surface area contributed by atoms with Crippen LogP contribution in [-0.4, -0.2) is 13.7 Å². The van der Waals surface area contributed by atoms with Gasteiger partial charge in [-0.2, -0.15) is 5.26 Å². The van der Waals surface area contributed by atoms with E-state index in [1.807, 2.05) is 24.3 Å². The van der Waals surface area contributed by atoms with E-state index in [4.69, 9.17) is 6.57 Å². The maximum absolute atomic E-state index is 9.47. The van der Waals surface area contributed by atoms with Crippen LogP contribution >= 0.6 is 31.9 Å². The van der Waals surface area contributed by atoms with Gasteiger partial charge in [0.1, 0.15) is 0 Å². The Morgan fingerprint density at radius 3 is 1.21 bits per heavy atom. The van der Waals surface area contributed by atoms with E-state index in [1.165, 1.54) is 66.6 Å². The molecule has 0 fully saturated rings. The molecule has 268 valence electrons. The number of nitrogens with zero attached hydrogens (tertiary/aromatic N) is 4. The predicted molar refractivity (Wildman–Crippen MR) is 248 cm³/mol. The van der Waals surface area contributed by atoms with Crippen molar-refractivity contribution in [1.29, 1.82) is 5.26 Å². The molecule has 8 heteroatoms. The van der Waals surface area contributed by atoms with Gasteiger partial charge < -0.3 is 9.62 Å². The van der Waals surface area contributed by atoms with Crippen molar-refractivity contribution in [2.75, 3.05) is 9.62 Å². The van der Waals surface area contributed by atoms with E-state index in [2.05, 4.69) is 198 Å². The quantitative estimate of drug-likeness (QED) is 0.113. The highest BCUT2D eigenvalue weighted by atomic mass is 79.9. The molecule has 0 amide bonds. The largest absolute Gasteiger partial charge is 0.376 e. The van der Waals surface area contributed by atoms with Crippen molar-refractivity contribution in [3.63, 3.8) is 0 Å². The highest BCUT2D eigenvalue weighted by Gasteiger charge is 2.43. The fourth-order valence-electron chi connectivity index (χ4n) is 9.55. The molecule has 4 heterocycles. The molecule has 4 aliphatic heterocycles. The Labute approximate surface area is 354 Å². The van der Waals surface area contributed by atoms with Gasteiger partial charge in [-0.05, 0) is 116 Å².